The van der Waals surface area contributed by atoms with Crippen LogP contribution in [0, 0.1) is 0 Å². The number of allylic oxidation sites excluding steroid dienone is 1. The zero-order valence-corrected chi connectivity index (χ0v) is 7.16. The lowest BCUT2D eigenvalue weighted by atomic mass is 10.0. The molecule has 0 radical (unpaired) electrons. The zero-order valence-electron chi connectivity index (χ0n) is 6.40. The van der Waals surface area contributed by atoms with Crippen LogP contribution < -0.4 is 0 Å². The second-order valence-electron chi connectivity index (χ2n) is 2.42. The predicted octanol–water partition coefficient (Wildman–Crippen LogP) is 2.64. The Labute approximate surface area is 72.0 Å². The van der Waals surface area contributed by atoms with Crippen LogP contribution >= 0.6 is 11.6 Å². The van der Waals surface area contributed by atoms with E-state index in [1.165, 1.54) is 0 Å². The lowest BCUT2D eigenvalue weighted by molar-refractivity contribution is 0.150. The van der Waals surface area contributed by atoms with Gasteiger partial charge in [0.05, 0.1) is 13.2 Å². The van der Waals surface area contributed by atoms with E-state index in [0.29, 0.717) is 11.6 Å². The topological polar surface area (TPSA) is 9.23 Å². The van der Waals surface area contributed by atoms with Crippen LogP contribution in [0.4, 0.5) is 0 Å². The number of halogens is 1. The van der Waals surface area contributed by atoms with Gasteiger partial charge >= 0.3 is 0 Å². The molecule has 0 spiro atoms. The minimum atomic E-state index is 0.569. The van der Waals surface area contributed by atoms with Gasteiger partial charge < -0.3 is 4.74 Å². The lowest BCUT2D eigenvalue weighted by Crippen LogP contribution is -2.10. The van der Waals surface area contributed by atoms with Crippen LogP contribution in [0.1, 0.15) is 6.42 Å². The normalized spacial score (nSPS) is 18.3. The molecule has 0 aromatic heterocycles. The van der Waals surface area contributed by atoms with Crippen molar-refractivity contribution in [1.82, 2.24) is 0 Å². The van der Waals surface area contributed by atoms with Gasteiger partial charge in [0.15, 0.2) is 0 Å². The highest BCUT2D eigenvalue weighted by molar-refractivity contribution is 6.31. The van der Waals surface area contributed by atoms with Gasteiger partial charge in [-0.05, 0) is 17.6 Å². The van der Waals surface area contributed by atoms with Crippen molar-refractivity contribution in [3.05, 3.63) is 35.4 Å². The van der Waals surface area contributed by atoms with Crippen molar-refractivity contribution in [1.29, 1.82) is 0 Å². The maximum absolute atomic E-state index is 5.75. The Bertz CT molecular complexity index is 216. The summed E-state index contributed by atoms with van der Waals surface area (Å²) < 4.78 is 5.22. The maximum atomic E-state index is 5.75. The Hall–Kier alpha value is -0.530. The third-order valence-electron chi connectivity index (χ3n) is 1.72. The first-order chi connectivity index (χ1) is 5.25. The second kappa shape index (κ2) is 3.74. The van der Waals surface area contributed by atoms with E-state index in [-0.39, 0.29) is 0 Å². The quantitative estimate of drug-likeness (QED) is 0.619. The fourth-order valence-corrected chi connectivity index (χ4v) is 1.25. The van der Waals surface area contributed by atoms with Crippen LogP contribution in [0.3, 0.4) is 0 Å². The first-order valence-electron chi connectivity index (χ1n) is 3.52. The van der Waals surface area contributed by atoms with Crippen LogP contribution in [0.5, 0.6) is 0 Å². The van der Waals surface area contributed by atoms with Gasteiger partial charge in [-0.25, -0.2) is 0 Å². The van der Waals surface area contributed by atoms with Gasteiger partial charge in [-0.2, -0.15) is 0 Å². The Kier molecular flexibility index (Phi) is 2.92. The van der Waals surface area contributed by atoms with E-state index in [4.69, 9.17) is 16.3 Å². The van der Waals surface area contributed by atoms with Gasteiger partial charge in [-0.15, -0.1) is 0 Å². The molecular formula is C9H11ClO. The molecule has 0 unspecified atom stereocenters. The molecule has 1 nitrogen and oxygen atoms in total. The smallest absolute Gasteiger partial charge is 0.0733 e. The molecule has 0 fully saturated rings. The third-order valence-corrected chi connectivity index (χ3v) is 1.95. The predicted molar refractivity (Wildman–Crippen MR) is 47.7 cm³/mol. The standard InChI is InChI=1S/C9H11ClO/c1-3-8-4-5-11-6-9(8)7(2)10/h3H,1-2,4-6H2. The molecule has 0 saturated carbocycles. The van der Waals surface area contributed by atoms with E-state index in [1.54, 1.807) is 0 Å². The molecule has 1 aliphatic rings. The Morgan fingerprint density at radius 1 is 1.64 bits per heavy atom. The Morgan fingerprint density at radius 2 is 2.36 bits per heavy atom. The summed E-state index contributed by atoms with van der Waals surface area (Å²) in [5.41, 5.74) is 2.16. The molecule has 1 heterocycles. The second-order valence-corrected chi connectivity index (χ2v) is 2.87. The van der Waals surface area contributed by atoms with Crippen molar-refractivity contribution in [3.63, 3.8) is 0 Å². The average molecular weight is 171 g/mol. The van der Waals surface area contributed by atoms with Crippen molar-refractivity contribution in [2.45, 2.75) is 6.42 Å². The van der Waals surface area contributed by atoms with Crippen molar-refractivity contribution < 1.29 is 4.74 Å². The van der Waals surface area contributed by atoms with Crippen LogP contribution in [0.2, 0.25) is 0 Å². The molecule has 0 aromatic carbocycles. The summed E-state index contributed by atoms with van der Waals surface area (Å²) >= 11 is 5.75. The summed E-state index contributed by atoms with van der Waals surface area (Å²) in [6.45, 7) is 8.69. The number of ether oxygens (including phenoxy) is 1. The largest absolute Gasteiger partial charge is 0.376 e. The summed E-state index contributed by atoms with van der Waals surface area (Å²) in [7, 11) is 0. The van der Waals surface area contributed by atoms with Gasteiger partial charge in [0.2, 0.25) is 0 Å². The SMILES string of the molecule is C=CC1=C(C(=C)Cl)COCC1. The maximum Gasteiger partial charge on any atom is 0.0733 e. The van der Waals surface area contributed by atoms with Crippen LogP contribution in [-0.4, -0.2) is 13.2 Å². The first-order valence-corrected chi connectivity index (χ1v) is 3.90. The molecule has 0 saturated heterocycles. The summed E-state index contributed by atoms with van der Waals surface area (Å²) in [6, 6.07) is 0. The number of hydrogen-bond acceptors (Lipinski definition) is 1. The molecular weight excluding hydrogens is 160 g/mol. The molecule has 0 aromatic rings. The van der Waals surface area contributed by atoms with E-state index >= 15 is 0 Å². The fourth-order valence-electron chi connectivity index (χ4n) is 1.08. The highest BCUT2D eigenvalue weighted by Gasteiger charge is 2.11. The summed E-state index contributed by atoms with van der Waals surface area (Å²) in [6.07, 6.45) is 2.72. The molecule has 0 atom stereocenters. The van der Waals surface area contributed by atoms with Crippen molar-refractivity contribution in [3.8, 4) is 0 Å². The van der Waals surface area contributed by atoms with Gasteiger partial charge in [0.25, 0.3) is 0 Å². The van der Waals surface area contributed by atoms with E-state index in [0.717, 1.165) is 24.2 Å². The van der Waals surface area contributed by atoms with Crippen LogP contribution in [0.15, 0.2) is 35.4 Å². The molecule has 60 valence electrons. The molecule has 2 heteroatoms. The lowest BCUT2D eigenvalue weighted by Gasteiger charge is -2.17. The summed E-state index contributed by atoms with van der Waals surface area (Å²) in [5, 5.41) is 0.569. The van der Waals surface area contributed by atoms with Crippen LogP contribution in [-0.2, 0) is 4.74 Å². The minimum absolute atomic E-state index is 0.569. The Balaban J connectivity index is 2.90. The van der Waals surface area contributed by atoms with E-state index < -0.39 is 0 Å². The zero-order chi connectivity index (χ0) is 8.27. The highest BCUT2D eigenvalue weighted by atomic mass is 35.5. The highest BCUT2D eigenvalue weighted by Crippen LogP contribution is 2.23. The molecule has 1 aliphatic heterocycles. The van der Waals surface area contributed by atoms with E-state index in [2.05, 4.69) is 13.2 Å². The number of rotatable bonds is 2. The fraction of sp³-hybridized carbons (Fsp3) is 0.333. The number of hydrogen-bond donors (Lipinski definition) is 0. The van der Waals surface area contributed by atoms with Crippen molar-refractivity contribution in [2.24, 2.45) is 0 Å². The van der Waals surface area contributed by atoms with Crippen molar-refractivity contribution >= 4 is 11.6 Å². The average Bonchev–Trinajstić information content (AvgIpc) is 2.04. The molecule has 11 heavy (non-hydrogen) atoms. The third kappa shape index (κ3) is 1.95. The molecule has 0 aliphatic carbocycles. The van der Waals surface area contributed by atoms with E-state index in [1.807, 2.05) is 6.08 Å². The minimum Gasteiger partial charge on any atom is -0.376 e. The van der Waals surface area contributed by atoms with E-state index in [9.17, 15) is 0 Å². The van der Waals surface area contributed by atoms with Gasteiger partial charge in [0.1, 0.15) is 0 Å². The first kappa shape index (κ1) is 8.57. The molecule has 0 amide bonds. The van der Waals surface area contributed by atoms with Gasteiger partial charge in [-0.1, -0.05) is 30.8 Å². The summed E-state index contributed by atoms with van der Waals surface area (Å²) in [5.74, 6) is 0. The van der Waals surface area contributed by atoms with Gasteiger partial charge in [0, 0.05) is 5.03 Å². The molecule has 0 bridgehead atoms. The van der Waals surface area contributed by atoms with Gasteiger partial charge in [-0.3, -0.25) is 0 Å². The summed E-state index contributed by atoms with van der Waals surface area (Å²) in [4.78, 5) is 0. The molecule has 0 N–H and O–H groups in total. The van der Waals surface area contributed by atoms with Crippen LogP contribution in [0.25, 0.3) is 0 Å². The van der Waals surface area contributed by atoms with Crippen molar-refractivity contribution in [2.75, 3.05) is 13.2 Å². The Morgan fingerprint density at radius 3 is 2.82 bits per heavy atom. The monoisotopic (exact) mass is 170 g/mol. The molecule has 1 rings (SSSR count).